The fraction of sp³-hybridized carbons (Fsp3) is 0.538. The molecule has 2 heterocycles. The number of rotatable bonds is 8. The lowest BCUT2D eigenvalue weighted by Crippen LogP contribution is -2.46. The van der Waals surface area contributed by atoms with Gasteiger partial charge in [-0.3, -0.25) is 9.78 Å². The summed E-state index contributed by atoms with van der Waals surface area (Å²) >= 11 is 0. The highest BCUT2D eigenvalue weighted by Crippen LogP contribution is 2.33. The number of pyridine rings is 1. The van der Waals surface area contributed by atoms with Crippen LogP contribution in [0.5, 0.6) is 11.5 Å². The zero-order valence-corrected chi connectivity index (χ0v) is 19.3. The van der Waals surface area contributed by atoms with Gasteiger partial charge in [-0.05, 0) is 68.9 Å². The summed E-state index contributed by atoms with van der Waals surface area (Å²) in [7, 11) is 3.56. The van der Waals surface area contributed by atoms with Crippen molar-refractivity contribution < 1.29 is 14.3 Å². The highest BCUT2D eigenvalue weighted by molar-refractivity contribution is 5.95. The molecule has 32 heavy (non-hydrogen) atoms. The summed E-state index contributed by atoms with van der Waals surface area (Å²) in [5, 5.41) is 0. The van der Waals surface area contributed by atoms with E-state index < -0.39 is 0 Å². The quantitative estimate of drug-likeness (QED) is 0.620. The van der Waals surface area contributed by atoms with Gasteiger partial charge in [0.05, 0.1) is 13.2 Å². The van der Waals surface area contributed by atoms with Crippen LogP contribution in [0.1, 0.15) is 54.6 Å². The molecule has 0 bridgehead atoms. The number of benzene rings is 1. The van der Waals surface area contributed by atoms with Gasteiger partial charge in [0.1, 0.15) is 0 Å². The number of aromatic nitrogens is 1. The lowest BCUT2D eigenvalue weighted by molar-refractivity contribution is 0.0643. The van der Waals surface area contributed by atoms with E-state index in [1.54, 1.807) is 7.11 Å². The average molecular weight is 438 g/mol. The van der Waals surface area contributed by atoms with Crippen LogP contribution in [0, 0.1) is 0 Å². The SMILES string of the molecule is COc1cc(C(=O)N(C)C2CCN(CCc3ccccn3)CC2)ccc1OC1CCCC1. The molecule has 1 amide bonds. The van der Waals surface area contributed by atoms with E-state index >= 15 is 0 Å². The predicted molar refractivity (Wildman–Crippen MR) is 125 cm³/mol. The average Bonchev–Trinajstić information content (AvgIpc) is 3.36. The molecule has 1 aliphatic heterocycles. The second kappa shape index (κ2) is 10.8. The minimum absolute atomic E-state index is 0.0441. The maximum atomic E-state index is 13.2. The summed E-state index contributed by atoms with van der Waals surface area (Å²) in [6.45, 7) is 3.03. The summed E-state index contributed by atoms with van der Waals surface area (Å²) in [6.07, 6.45) is 9.68. The highest BCUT2D eigenvalue weighted by Gasteiger charge is 2.27. The molecule has 0 radical (unpaired) electrons. The maximum absolute atomic E-state index is 13.2. The Morgan fingerprint density at radius 2 is 1.88 bits per heavy atom. The van der Waals surface area contributed by atoms with Crippen molar-refractivity contribution in [3.63, 3.8) is 0 Å². The van der Waals surface area contributed by atoms with E-state index in [0.717, 1.165) is 63.2 Å². The fourth-order valence-corrected chi connectivity index (χ4v) is 4.80. The van der Waals surface area contributed by atoms with E-state index in [0.29, 0.717) is 11.3 Å². The van der Waals surface area contributed by atoms with Crippen molar-refractivity contribution in [2.75, 3.05) is 33.8 Å². The Labute approximate surface area is 191 Å². The van der Waals surface area contributed by atoms with Crippen LogP contribution in [0.2, 0.25) is 0 Å². The lowest BCUT2D eigenvalue weighted by Gasteiger charge is -2.36. The van der Waals surface area contributed by atoms with Crippen LogP contribution in [0.4, 0.5) is 0 Å². The van der Waals surface area contributed by atoms with Gasteiger partial charge in [-0.2, -0.15) is 0 Å². The number of ether oxygens (including phenoxy) is 2. The van der Waals surface area contributed by atoms with Crippen molar-refractivity contribution in [3.05, 3.63) is 53.9 Å². The molecule has 1 aromatic heterocycles. The zero-order chi connectivity index (χ0) is 22.3. The van der Waals surface area contributed by atoms with E-state index in [2.05, 4.69) is 16.0 Å². The Morgan fingerprint density at radius 3 is 2.56 bits per heavy atom. The molecule has 1 saturated carbocycles. The van der Waals surface area contributed by atoms with Crippen LogP contribution in [0.25, 0.3) is 0 Å². The molecule has 172 valence electrons. The molecule has 0 unspecified atom stereocenters. The van der Waals surface area contributed by atoms with Gasteiger partial charge in [-0.15, -0.1) is 0 Å². The third kappa shape index (κ3) is 5.60. The summed E-state index contributed by atoms with van der Waals surface area (Å²) < 4.78 is 11.7. The van der Waals surface area contributed by atoms with Crippen LogP contribution < -0.4 is 9.47 Å². The minimum atomic E-state index is 0.0441. The van der Waals surface area contributed by atoms with Crippen molar-refractivity contribution in [2.45, 2.75) is 57.1 Å². The number of carbonyl (C=O) groups excluding carboxylic acids is 1. The van der Waals surface area contributed by atoms with Crippen LogP contribution in [0.3, 0.4) is 0 Å². The van der Waals surface area contributed by atoms with E-state index in [-0.39, 0.29) is 18.1 Å². The topological polar surface area (TPSA) is 54.9 Å². The molecule has 4 rings (SSSR count). The number of carbonyl (C=O) groups is 1. The number of hydrogen-bond acceptors (Lipinski definition) is 5. The molecule has 6 nitrogen and oxygen atoms in total. The summed E-state index contributed by atoms with van der Waals surface area (Å²) in [5.74, 6) is 1.42. The molecule has 1 saturated heterocycles. The molecule has 2 aliphatic rings. The highest BCUT2D eigenvalue weighted by atomic mass is 16.5. The number of hydrogen-bond donors (Lipinski definition) is 0. The Kier molecular flexibility index (Phi) is 7.63. The third-order valence-electron chi connectivity index (χ3n) is 6.84. The van der Waals surface area contributed by atoms with Gasteiger partial charge in [-0.25, -0.2) is 0 Å². The summed E-state index contributed by atoms with van der Waals surface area (Å²) in [4.78, 5) is 22.0. The smallest absolute Gasteiger partial charge is 0.253 e. The van der Waals surface area contributed by atoms with E-state index in [9.17, 15) is 4.79 Å². The molecule has 0 N–H and O–H groups in total. The van der Waals surface area contributed by atoms with Gasteiger partial charge in [-0.1, -0.05) is 6.07 Å². The van der Waals surface area contributed by atoms with Crippen LogP contribution >= 0.6 is 0 Å². The predicted octanol–water partition coefficient (Wildman–Crippen LogP) is 4.19. The first-order valence-electron chi connectivity index (χ1n) is 11.9. The van der Waals surface area contributed by atoms with Crippen LogP contribution in [-0.2, 0) is 6.42 Å². The largest absolute Gasteiger partial charge is 0.493 e. The molecule has 1 aromatic carbocycles. The van der Waals surface area contributed by atoms with Crippen molar-refractivity contribution in [1.29, 1.82) is 0 Å². The second-order valence-electron chi connectivity index (χ2n) is 8.95. The number of likely N-dealkylation sites (tertiary alicyclic amines) is 1. The normalized spacial score (nSPS) is 17.9. The first-order chi connectivity index (χ1) is 15.6. The Hall–Kier alpha value is -2.60. The molecule has 0 spiro atoms. The number of nitrogens with zero attached hydrogens (tertiary/aromatic N) is 3. The first-order valence-corrected chi connectivity index (χ1v) is 11.9. The molecular formula is C26H35N3O3. The molecule has 2 fully saturated rings. The van der Waals surface area contributed by atoms with Gasteiger partial charge in [0.2, 0.25) is 0 Å². The maximum Gasteiger partial charge on any atom is 0.253 e. The molecule has 2 aromatic rings. The van der Waals surface area contributed by atoms with Crippen LogP contribution in [0.15, 0.2) is 42.6 Å². The van der Waals surface area contributed by atoms with Crippen molar-refractivity contribution in [1.82, 2.24) is 14.8 Å². The van der Waals surface area contributed by atoms with Gasteiger partial charge in [0.15, 0.2) is 11.5 Å². The van der Waals surface area contributed by atoms with Gasteiger partial charge >= 0.3 is 0 Å². The summed E-state index contributed by atoms with van der Waals surface area (Å²) in [5.41, 5.74) is 1.79. The van der Waals surface area contributed by atoms with E-state index in [1.807, 2.05) is 48.5 Å². The minimum Gasteiger partial charge on any atom is -0.493 e. The Balaban J connectivity index is 1.30. The standard InChI is InChI=1S/C26H35N3O3/c1-28(22-13-17-29(18-14-22)16-12-21-7-5-6-15-27-21)26(30)20-10-11-24(25(19-20)31-2)32-23-8-3-4-9-23/h5-7,10-11,15,19,22-23H,3-4,8-9,12-14,16-18H2,1-2H3. The number of methoxy groups -OCH3 is 1. The van der Waals surface area contributed by atoms with E-state index in [4.69, 9.17) is 9.47 Å². The Bertz CT molecular complexity index is 875. The molecule has 6 heteroatoms. The fourth-order valence-electron chi connectivity index (χ4n) is 4.80. The monoisotopic (exact) mass is 437 g/mol. The molecule has 1 aliphatic carbocycles. The summed E-state index contributed by atoms with van der Waals surface area (Å²) in [6, 6.07) is 11.9. The second-order valence-corrected chi connectivity index (χ2v) is 8.95. The third-order valence-corrected chi connectivity index (χ3v) is 6.84. The van der Waals surface area contributed by atoms with Crippen molar-refractivity contribution in [3.8, 4) is 11.5 Å². The molecule has 0 atom stereocenters. The van der Waals surface area contributed by atoms with Gasteiger partial charge in [0.25, 0.3) is 5.91 Å². The zero-order valence-electron chi connectivity index (χ0n) is 19.3. The molecular weight excluding hydrogens is 402 g/mol. The number of piperidine rings is 1. The van der Waals surface area contributed by atoms with Crippen LogP contribution in [-0.4, -0.2) is 66.6 Å². The van der Waals surface area contributed by atoms with E-state index in [1.165, 1.54) is 12.8 Å². The van der Waals surface area contributed by atoms with Gasteiger partial charge in [0, 0.05) is 56.6 Å². The van der Waals surface area contributed by atoms with Crippen molar-refractivity contribution >= 4 is 5.91 Å². The Morgan fingerprint density at radius 1 is 1.09 bits per heavy atom. The van der Waals surface area contributed by atoms with Gasteiger partial charge < -0.3 is 19.3 Å². The first kappa shape index (κ1) is 22.6. The lowest BCUT2D eigenvalue weighted by atomic mass is 10.0. The van der Waals surface area contributed by atoms with Crippen molar-refractivity contribution in [2.24, 2.45) is 0 Å². The number of amides is 1.